The number of likely N-dealkylation sites (tertiary alicyclic amines) is 2. The monoisotopic (exact) mass is 304 g/mol. The number of piperidine rings is 1. The van der Waals surface area contributed by atoms with Crippen LogP contribution in [0.25, 0.3) is 0 Å². The van der Waals surface area contributed by atoms with Crippen LogP contribution in [0.2, 0.25) is 0 Å². The molecule has 1 aromatic carbocycles. The molecule has 0 saturated carbocycles. The first kappa shape index (κ1) is 15.0. The predicted molar refractivity (Wildman–Crippen MR) is 80.6 cm³/mol. The summed E-state index contributed by atoms with van der Waals surface area (Å²) in [6.07, 6.45) is 2.73. The van der Waals surface area contributed by atoms with E-state index in [1.165, 1.54) is 12.1 Å². The summed E-state index contributed by atoms with van der Waals surface area (Å²) in [7, 11) is 1.82. The second-order valence-electron chi connectivity index (χ2n) is 6.48. The smallest absolute Gasteiger partial charge is 0.230 e. The van der Waals surface area contributed by atoms with E-state index in [1.807, 2.05) is 7.05 Å². The van der Waals surface area contributed by atoms with Crippen LogP contribution >= 0.6 is 0 Å². The van der Waals surface area contributed by atoms with Gasteiger partial charge in [0.25, 0.3) is 0 Å². The van der Waals surface area contributed by atoms with Crippen LogP contribution in [-0.2, 0) is 16.0 Å². The van der Waals surface area contributed by atoms with E-state index < -0.39 is 0 Å². The van der Waals surface area contributed by atoms with Crippen molar-refractivity contribution in [2.24, 2.45) is 5.41 Å². The molecular weight excluding hydrogens is 283 g/mol. The van der Waals surface area contributed by atoms with Gasteiger partial charge in [0.1, 0.15) is 5.82 Å². The van der Waals surface area contributed by atoms with Gasteiger partial charge in [0, 0.05) is 26.7 Å². The Morgan fingerprint density at radius 1 is 1.32 bits per heavy atom. The van der Waals surface area contributed by atoms with E-state index in [2.05, 4.69) is 0 Å². The van der Waals surface area contributed by atoms with Crippen molar-refractivity contribution in [1.29, 1.82) is 0 Å². The predicted octanol–water partition coefficient (Wildman–Crippen LogP) is 1.84. The highest BCUT2D eigenvalue weighted by atomic mass is 19.1. The SMILES string of the molecule is CN1CCC2(CCCN(C(=O)Cc3cccc(F)c3)C2)C1=O. The third-order valence-corrected chi connectivity index (χ3v) is 4.90. The van der Waals surface area contributed by atoms with E-state index >= 15 is 0 Å². The number of rotatable bonds is 2. The highest BCUT2D eigenvalue weighted by molar-refractivity contribution is 5.86. The second-order valence-corrected chi connectivity index (χ2v) is 6.48. The normalized spacial score (nSPS) is 25.1. The van der Waals surface area contributed by atoms with Crippen LogP contribution in [0.15, 0.2) is 24.3 Å². The average molecular weight is 304 g/mol. The van der Waals surface area contributed by atoms with Gasteiger partial charge in [-0.3, -0.25) is 9.59 Å². The molecule has 2 aliphatic heterocycles. The minimum atomic E-state index is -0.384. The third-order valence-electron chi connectivity index (χ3n) is 4.90. The van der Waals surface area contributed by atoms with Gasteiger partial charge in [0.15, 0.2) is 0 Å². The van der Waals surface area contributed by atoms with Crippen molar-refractivity contribution >= 4 is 11.8 Å². The molecule has 2 heterocycles. The van der Waals surface area contributed by atoms with Gasteiger partial charge in [0.05, 0.1) is 11.8 Å². The molecule has 0 N–H and O–H groups in total. The largest absolute Gasteiger partial charge is 0.345 e. The summed E-state index contributed by atoms with van der Waals surface area (Å²) in [6, 6.07) is 6.14. The van der Waals surface area contributed by atoms with Crippen LogP contribution in [0.5, 0.6) is 0 Å². The van der Waals surface area contributed by atoms with Gasteiger partial charge in [-0.15, -0.1) is 0 Å². The fourth-order valence-corrected chi connectivity index (χ4v) is 3.65. The zero-order chi connectivity index (χ0) is 15.7. The van der Waals surface area contributed by atoms with Crippen LogP contribution in [-0.4, -0.2) is 48.3 Å². The van der Waals surface area contributed by atoms with Crippen molar-refractivity contribution in [2.75, 3.05) is 26.7 Å². The molecule has 0 bridgehead atoms. The van der Waals surface area contributed by atoms with E-state index in [0.29, 0.717) is 18.7 Å². The number of halogens is 1. The topological polar surface area (TPSA) is 40.6 Å². The van der Waals surface area contributed by atoms with Crippen LogP contribution in [0.3, 0.4) is 0 Å². The second kappa shape index (κ2) is 5.71. The summed E-state index contributed by atoms with van der Waals surface area (Å²) in [4.78, 5) is 28.4. The summed E-state index contributed by atoms with van der Waals surface area (Å²) in [5.74, 6) is -0.184. The molecule has 22 heavy (non-hydrogen) atoms. The zero-order valence-corrected chi connectivity index (χ0v) is 12.8. The zero-order valence-electron chi connectivity index (χ0n) is 12.8. The maximum absolute atomic E-state index is 13.2. The molecule has 4 nitrogen and oxygen atoms in total. The summed E-state index contributed by atoms with van der Waals surface area (Å²) in [5, 5.41) is 0. The number of carbonyl (C=O) groups is 2. The van der Waals surface area contributed by atoms with Gasteiger partial charge >= 0.3 is 0 Å². The van der Waals surface area contributed by atoms with E-state index in [4.69, 9.17) is 0 Å². The minimum absolute atomic E-state index is 0.0213. The van der Waals surface area contributed by atoms with Crippen molar-refractivity contribution < 1.29 is 14.0 Å². The number of hydrogen-bond acceptors (Lipinski definition) is 2. The Balaban J connectivity index is 1.69. The molecular formula is C17H21FN2O2. The maximum Gasteiger partial charge on any atom is 0.230 e. The van der Waals surface area contributed by atoms with Gasteiger partial charge < -0.3 is 9.80 Å². The summed E-state index contributed by atoms with van der Waals surface area (Å²) >= 11 is 0. The van der Waals surface area contributed by atoms with Crippen molar-refractivity contribution in [2.45, 2.75) is 25.7 Å². The molecule has 2 amide bonds. The molecule has 5 heteroatoms. The Morgan fingerprint density at radius 2 is 2.14 bits per heavy atom. The highest BCUT2D eigenvalue weighted by Gasteiger charge is 2.48. The molecule has 0 aromatic heterocycles. The lowest BCUT2D eigenvalue weighted by Gasteiger charge is -2.39. The average Bonchev–Trinajstić information content (AvgIpc) is 2.76. The first-order valence-electron chi connectivity index (χ1n) is 7.78. The molecule has 1 spiro atoms. The summed E-state index contributed by atoms with van der Waals surface area (Å²) < 4.78 is 13.2. The number of amides is 2. The summed E-state index contributed by atoms with van der Waals surface area (Å²) in [6.45, 7) is 1.96. The van der Waals surface area contributed by atoms with E-state index in [0.717, 1.165) is 25.8 Å². The van der Waals surface area contributed by atoms with Crippen LogP contribution in [0.1, 0.15) is 24.8 Å². The lowest BCUT2D eigenvalue weighted by molar-refractivity contribution is -0.142. The first-order chi connectivity index (χ1) is 10.5. The molecule has 2 fully saturated rings. The van der Waals surface area contributed by atoms with Crippen LogP contribution < -0.4 is 0 Å². The van der Waals surface area contributed by atoms with E-state index in [-0.39, 0.29) is 29.5 Å². The third kappa shape index (κ3) is 2.72. The Kier molecular flexibility index (Phi) is 3.89. The maximum atomic E-state index is 13.2. The molecule has 0 radical (unpaired) electrons. The van der Waals surface area contributed by atoms with Crippen LogP contribution in [0, 0.1) is 11.2 Å². The number of benzene rings is 1. The molecule has 1 atom stereocenters. The van der Waals surface area contributed by atoms with Crippen molar-refractivity contribution in [1.82, 2.24) is 9.80 Å². The molecule has 1 unspecified atom stereocenters. The van der Waals surface area contributed by atoms with Gasteiger partial charge in [-0.25, -0.2) is 4.39 Å². The lowest BCUT2D eigenvalue weighted by Crippen LogP contribution is -2.49. The van der Waals surface area contributed by atoms with Crippen molar-refractivity contribution in [3.05, 3.63) is 35.6 Å². The quantitative estimate of drug-likeness (QED) is 0.836. The van der Waals surface area contributed by atoms with Crippen molar-refractivity contribution in [3.8, 4) is 0 Å². The number of nitrogens with zero attached hydrogens (tertiary/aromatic N) is 2. The Bertz CT molecular complexity index is 600. The molecule has 0 aliphatic carbocycles. The molecule has 118 valence electrons. The fraction of sp³-hybridized carbons (Fsp3) is 0.529. The van der Waals surface area contributed by atoms with Crippen molar-refractivity contribution in [3.63, 3.8) is 0 Å². The molecule has 2 saturated heterocycles. The lowest BCUT2D eigenvalue weighted by atomic mass is 9.78. The van der Waals surface area contributed by atoms with Gasteiger partial charge in [-0.1, -0.05) is 12.1 Å². The molecule has 1 aromatic rings. The molecule has 3 rings (SSSR count). The van der Waals surface area contributed by atoms with Gasteiger partial charge in [0.2, 0.25) is 11.8 Å². The number of hydrogen-bond donors (Lipinski definition) is 0. The standard InChI is InChI=1S/C17H21FN2O2/c1-19-9-7-17(16(19)22)6-3-8-20(12-17)15(21)11-13-4-2-5-14(18)10-13/h2,4-5,10H,3,6-9,11-12H2,1H3. The van der Waals surface area contributed by atoms with E-state index in [1.54, 1.807) is 21.9 Å². The summed E-state index contributed by atoms with van der Waals surface area (Å²) in [5.41, 5.74) is 0.296. The fourth-order valence-electron chi connectivity index (χ4n) is 3.65. The Hall–Kier alpha value is -1.91. The van der Waals surface area contributed by atoms with Gasteiger partial charge in [-0.2, -0.15) is 0 Å². The highest BCUT2D eigenvalue weighted by Crippen LogP contribution is 2.39. The minimum Gasteiger partial charge on any atom is -0.345 e. The van der Waals surface area contributed by atoms with Gasteiger partial charge in [-0.05, 0) is 37.0 Å². The van der Waals surface area contributed by atoms with E-state index in [9.17, 15) is 14.0 Å². The number of carbonyl (C=O) groups excluding carboxylic acids is 2. The first-order valence-corrected chi connectivity index (χ1v) is 7.78. The Labute approximate surface area is 129 Å². The molecule has 2 aliphatic rings. The Morgan fingerprint density at radius 3 is 2.82 bits per heavy atom. The van der Waals surface area contributed by atoms with Crippen LogP contribution in [0.4, 0.5) is 4.39 Å².